The van der Waals surface area contributed by atoms with Crippen LogP contribution in [0.5, 0.6) is 0 Å². The van der Waals surface area contributed by atoms with E-state index in [0.29, 0.717) is 9.58 Å². The van der Waals surface area contributed by atoms with E-state index in [1.807, 2.05) is 0 Å². The van der Waals surface area contributed by atoms with E-state index in [0.717, 1.165) is 12.7 Å². The lowest BCUT2D eigenvalue weighted by atomic mass is 11.1. The van der Waals surface area contributed by atoms with Gasteiger partial charge in [0.05, 0.1) is 10.2 Å². The Morgan fingerprint density at radius 1 is 0.944 bits per heavy atom. The van der Waals surface area contributed by atoms with Crippen molar-refractivity contribution in [1.82, 2.24) is 29.7 Å². The van der Waals surface area contributed by atoms with Gasteiger partial charge >= 0.3 is 11.9 Å². The summed E-state index contributed by atoms with van der Waals surface area (Å²) in [7, 11) is 0. The average Bonchev–Trinajstić information content (AvgIpc) is 2.95. The molecule has 92 valence electrons. The standard InChI is InChI=1S/C4H2N10O4/c15-13(16)3-5-1-11(7-3)9-10-12-2-6-4(8-12)14(17)18/h1-2H. The van der Waals surface area contributed by atoms with Crippen molar-refractivity contribution in [3.8, 4) is 0 Å². The molecule has 2 heterocycles. The van der Waals surface area contributed by atoms with Crippen LogP contribution in [0, 0.1) is 20.2 Å². The van der Waals surface area contributed by atoms with E-state index in [2.05, 4.69) is 30.6 Å². The van der Waals surface area contributed by atoms with Crippen LogP contribution in [0.4, 0.5) is 11.9 Å². The van der Waals surface area contributed by atoms with Crippen LogP contribution in [-0.2, 0) is 0 Å². The number of nitrogens with zero attached hydrogens (tertiary/aromatic N) is 10. The summed E-state index contributed by atoms with van der Waals surface area (Å²) >= 11 is 0. The highest BCUT2D eigenvalue weighted by molar-refractivity contribution is 4.97. The van der Waals surface area contributed by atoms with Crippen LogP contribution < -0.4 is 0 Å². The van der Waals surface area contributed by atoms with Crippen LogP contribution in [0.2, 0.25) is 0 Å². The molecule has 14 nitrogen and oxygen atoms in total. The number of rotatable bonds is 4. The highest BCUT2D eigenvalue weighted by Crippen LogP contribution is 2.01. The van der Waals surface area contributed by atoms with Crippen molar-refractivity contribution in [2.24, 2.45) is 10.4 Å². The van der Waals surface area contributed by atoms with Crippen molar-refractivity contribution in [3.63, 3.8) is 0 Å². The Morgan fingerprint density at radius 2 is 1.33 bits per heavy atom. The molecular formula is C4H2N10O4. The molecule has 0 unspecified atom stereocenters. The third-order valence-electron chi connectivity index (χ3n) is 1.49. The van der Waals surface area contributed by atoms with Gasteiger partial charge in [-0.3, -0.25) is 0 Å². The molecule has 0 saturated carbocycles. The highest BCUT2D eigenvalue weighted by atomic mass is 16.6. The topological polar surface area (TPSA) is 172 Å². The van der Waals surface area contributed by atoms with Crippen molar-refractivity contribution < 1.29 is 9.85 Å². The molecule has 0 radical (unpaired) electrons. The quantitative estimate of drug-likeness (QED) is 0.393. The van der Waals surface area contributed by atoms with E-state index in [4.69, 9.17) is 0 Å². The fraction of sp³-hybridized carbons (Fsp3) is 0. The van der Waals surface area contributed by atoms with Gasteiger partial charge in [0.25, 0.3) is 0 Å². The molecule has 0 saturated heterocycles. The molecule has 0 amide bonds. The number of hydrogen-bond donors (Lipinski definition) is 0. The van der Waals surface area contributed by atoms with E-state index < -0.39 is 21.7 Å². The van der Waals surface area contributed by atoms with Gasteiger partial charge in [-0.1, -0.05) is 0 Å². The van der Waals surface area contributed by atoms with Gasteiger partial charge < -0.3 is 20.2 Å². The molecule has 0 aliphatic rings. The molecule has 0 fully saturated rings. The van der Waals surface area contributed by atoms with Gasteiger partial charge in [-0.2, -0.15) is 0 Å². The fourth-order valence-corrected chi connectivity index (χ4v) is 0.829. The third-order valence-corrected chi connectivity index (χ3v) is 1.49. The SMILES string of the molecule is O=[N+]([O-])c1ncn(N=Nn2cnc([N+](=O)[O-])n2)n1. The monoisotopic (exact) mass is 254 g/mol. The molecule has 0 bridgehead atoms. The van der Waals surface area contributed by atoms with Gasteiger partial charge in [0.2, 0.25) is 12.7 Å². The van der Waals surface area contributed by atoms with E-state index in [1.54, 1.807) is 0 Å². The van der Waals surface area contributed by atoms with Crippen LogP contribution >= 0.6 is 0 Å². The number of nitro groups is 2. The Balaban J connectivity index is 2.13. The fourth-order valence-electron chi connectivity index (χ4n) is 0.829. The Kier molecular flexibility index (Phi) is 2.65. The van der Waals surface area contributed by atoms with Gasteiger partial charge in [0.15, 0.2) is 0 Å². The first-order valence-corrected chi connectivity index (χ1v) is 4.10. The molecule has 0 atom stereocenters. The lowest BCUT2D eigenvalue weighted by Gasteiger charge is -1.83. The Hall–Kier alpha value is -3.32. The van der Waals surface area contributed by atoms with Crippen LogP contribution in [-0.4, -0.2) is 39.6 Å². The summed E-state index contributed by atoms with van der Waals surface area (Å²) in [4.78, 5) is 26.9. The van der Waals surface area contributed by atoms with Crippen molar-refractivity contribution in [2.75, 3.05) is 0 Å². The molecule has 0 aromatic carbocycles. The number of aromatic nitrogens is 6. The Bertz CT molecular complexity index is 571. The maximum absolute atomic E-state index is 10.3. The van der Waals surface area contributed by atoms with Crippen molar-refractivity contribution in [2.45, 2.75) is 0 Å². The summed E-state index contributed by atoms with van der Waals surface area (Å²) in [6, 6.07) is 0. The average molecular weight is 254 g/mol. The molecule has 0 spiro atoms. The van der Waals surface area contributed by atoms with Crippen molar-refractivity contribution in [1.29, 1.82) is 0 Å². The van der Waals surface area contributed by atoms with Gasteiger partial charge in [-0.15, -0.1) is 0 Å². The van der Waals surface area contributed by atoms with Crippen LogP contribution in [0.3, 0.4) is 0 Å². The molecular weight excluding hydrogens is 252 g/mol. The summed E-state index contributed by atoms with van der Waals surface area (Å²) in [6.45, 7) is 0. The van der Waals surface area contributed by atoms with Crippen molar-refractivity contribution in [3.05, 3.63) is 32.9 Å². The predicted octanol–water partition coefficient (Wildman–Crippen LogP) is -0.635. The van der Waals surface area contributed by atoms with Crippen molar-refractivity contribution >= 4 is 11.9 Å². The van der Waals surface area contributed by atoms with Gasteiger partial charge in [-0.05, 0) is 39.8 Å². The normalized spacial score (nSPS) is 10.9. The second kappa shape index (κ2) is 4.28. The second-order valence-corrected chi connectivity index (χ2v) is 2.62. The summed E-state index contributed by atoms with van der Waals surface area (Å²) in [5.74, 6) is -1.31. The van der Waals surface area contributed by atoms with Crippen LogP contribution in [0.25, 0.3) is 0 Å². The van der Waals surface area contributed by atoms with E-state index >= 15 is 0 Å². The maximum Gasteiger partial charge on any atom is 0.492 e. The third kappa shape index (κ3) is 2.26. The second-order valence-electron chi connectivity index (χ2n) is 2.62. The molecule has 2 aromatic heterocycles. The minimum Gasteiger partial charge on any atom is -0.390 e. The van der Waals surface area contributed by atoms with E-state index in [9.17, 15) is 20.2 Å². The minimum absolute atomic E-state index is 0.654. The van der Waals surface area contributed by atoms with Crippen LogP contribution in [0.1, 0.15) is 0 Å². The lowest BCUT2D eigenvalue weighted by Crippen LogP contribution is -1.95. The smallest absolute Gasteiger partial charge is 0.390 e. The minimum atomic E-state index is -0.813. The zero-order valence-electron chi connectivity index (χ0n) is 8.26. The molecule has 0 aliphatic carbocycles. The van der Waals surface area contributed by atoms with Crippen LogP contribution in [0.15, 0.2) is 23.1 Å². The zero-order valence-corrected chi connectivity index (χ0v) is 8.26. The van der Waals surface area contributed by atoms with Gasteiger partial charge in [0, 0.05) is 0 Å². The first-order valence-electron chi connectivity index (χ1n) is 4.10. The molecule has 2 aromatic rings. The summed E-state index contributed by atoms with van der Waals surface area (Å²) in [5.41, 5.74) is 0. The summed E-state index contributed by atoms with van der Waals surface area (Å²) in [5, 5.41) is 33.9. The maximum atomic E-state index is 10.3. The first-order chi connectivity index (χ1) is 8.56. The molecule has 18 heavy (non-hydrogen) atoms. The summed E-state index contributed by atoms with van der Waals surface area (Å²) in [6.07, 6.45) is 1.87. The summed E-state index contributed by atoms with van der Waals surface area (Å²) < 4.78 is 0. The zero-order chi connectivity index (χ0) is 13.1. The molecule has 2 rings (SSSR count). The Morgan fingerprint density at radius 3 is 1.61 bits per heavy atom. The molecule has 0 N–H and O–H groups in total. The molecule has 14 heteroatoms. The number of hydrogen-bond acceptors (Lipinski definition) is 10. The van der Waals surface area contributed by atoms with Gasteiger partial charge in [0.1, 0.15) is 0 Å². The highest BCUT2D eigenvalue weighted by Gasteiger charge is 2.14. The first kappa shape index (κ1) is 11.2. The predicted molar refractivity (Wildman–Crippen MR) is 49.0 cm³/mol. The lowest BCUT2D eigenvalue weighted by molar-refractivity contribution is -0.394. The van der Waals surface area contributed by atoms with Gasteiger partial charge in [-0.25, -0.2) is 0 Å². The largest absolute Gasteiger partial charge is 0.492 e. The molecule has 0 aliphatic heterocycles. The Labute approximate surface area is 95.8 Å². The van der Waals surface area contributed by atoms with E-state index in [-0.39, 0.29) is 0 Å². The van der Waals surface area contributed by atoms with E-state index in [1.165, 1.54) is 0 Å².